The van der Waals surface area contributed by atoms with Gasteiger partial charge in [-0.15, -0.1) is 0 Å². The lowest BCUT2D eigenvalue weighted by Gasteiger charge is -2.12. The maximum atomic E-state index is 6.01. The van der Waals surface area contributed by atoms with Gasteiger partial charge in [-0.05, 0) is 61.4 Å². The summed E-state index contributed by atoms with van der Waals surface area (Å²) in [7, 11) is 1.67. The first kappa shape index (κ1) is 12.8. The lowest BCUT2D eigenvalue weighted by Crippen LogP contribution is -1.94. The molecule has 2 aromatic carbocycles. The number of anilines is 2. The SMILES string of the molecule is COc1ccc(Nc2ccc(Cl)c(C)c2)c(C)c1. The molecule has 0 saturated carbocycles. The van der Waals surface area contributed by atoms with Crippen molar-refractivity contribution >= 4 is 23.0 Å². The van der Waals surface area contributed by atoms with Gasteiger partial charge in [-0.3, -0.25) is 0 Å². The highest BCUT2D eigenvalue weighted by atomic mass is 35.5. The third-order valence-electron chi connectivity index (χ3n) is 2.87. The van der Waals surface area contributed by atoms with Crippen LogP contribution in [0.3, 0.4) is 0 Å². The van der Waals surface area contributed by atoms with E-state index in [1.165, 1.54) is 0 Å². The smallest absolute Gasteiger partial charge is 0.119 e. The summed E-state index contributed by atoms with van der Waals surface area (Å²) in [4.78, 5) is 0. The van der Waals surface area contributed by atoms with E-state index in [4.69, 9.17) is 16.3 Å². The summed E-state index contributed by atoms with van der Waals surface area (Å²) in [5.74, 6) is 0.866. The summed E-state index contributed by atoms with van der Waals surface area (Å²) in [5.41, 5.74) is 4.30. The zero-order valence-corrected chi connectivity index (χ0v) is 11.5. The minimum Gasteiger partial charge on any atom is -0.497 e. The number of hydrogen-bond acceptors (Lipinski definition) is 2. The summed E-state index contributed by atoms with van der Waals surface area (Å²) in [5, 5.41) is 4.16. The molecule has 18 heavy (non-hydrogen) atoms. The molecule has 2 nitrogen and oxygen atoms in total. The Balaban J connectivity index is 2.25. The van der Waals surface area contributed by atoms with Crippen LogP contribution in [0.5, 0.6) is 5.75 Å². The highest BCUT2D eigenvalue weighted by molar-refractivity contribution is 6.31. The highest BCUT2D eigenvalue weighted by Crippen LogP contribution is 2.26. The van der Waals surface area contributed by atoms with Gasteiger partial charge in [0.2, 0.25) is 0 Å². The molecule has 0 aliphatic carbocycles. The van der Waals surface area contributed by atoms with Crippen molar-refractivity contribution in [1.29, 1.82) is 0 Å². The number of ether oxygens (including phenoxy) is 1. The van der Waals surface area contributed by atoms with Gasteiger partial charge in [-0.2, -0.15) is 0 Å². The molecule has 0 aliphatic heterocycles. The van der Waals surface area contributed by atoms with E-state index in [9.17, 15) is 0 Å². The molecule has 0 fully saturated rings. The van der Waals surface area contributed by atoms with E-state index >= 15 is 0 Å². The topological polar surface area (TPSA) is 21.3 Å². The van der Waals surface area contributed by atoms with E-state index in [-0.39, 0.29) is 0 Å². The first-order chi connectivity index (χ1) is 8.60. The molecule has 0 spiro atoms. The van der Waals surface area contributed by atoms with Gasteiger partial charge in [-0.25, -0.2) is 0 Å². The molecule has 0 bridgehead atoms. The molecule has 0 radical (unpaired) electrons. The van der Waals surface area contributed by atoms with Crippen LogP contribution in [-0.4, -0.2) is 7.11 Å². The van der Waals surface area contributed by atoms with E-state index < -0.39 is 0 Å². The Kier molecular flexibility index (Phi) is 3.78. The van der Waals surface area contributed by atoms with Crippen molar-refractivity contribution in [2.45, 2.75) is 13.8 Å². The normalized spacial score (nSPS) is 10.2. The van der Waals surface area contributed by atoms with Gasteiger partial charge in [0.05, 0.1) is 7.11 Å². The fourth-order valence-corrected chi connectivity index (χ4v) is 1.90. The number of aryl methyl sites for hydroxylation is 2. The van der Waals surface area contributed by atoms with Gasteiger partial charge in [0.1, 0.15) is 5.75 Å². The van der Waals surface area contributed by atoms with Crippen LogP contribution in [0.15, 0.2) is 36.4 Å². The number of nitrogens with one attached hydrogen (secondary N) is 1. The van der Waals surface area contributed by atoms with Crippen molar-refractivity contribution in [3.05, 3.63) is 52.5 Å². The zero-order valence-electron chi connectivity index (χ0n) is 10.8. The lowest BCUT2D eigenvalue weighted by molar-refractivity contribution is 0.414. The van der Waals surface area contributed by atoms with Crippen molar-refractivity contribution in [2.75, 3.05) is 12.4 Å². The van der Waals surface area contributed by atoms with Crippen LogP contribution in [0.25, 0.3) is 0 Å². The number of rotatable bonds is 3. The highest BCUT2D eigenvalue weighted by Gasteiger charge is 2.02. The Morgan fingerprint density at radius 2 is 1.78 bits per heavy atom. The average molecular weight is 262 g/mol. The van der Waals surface area contributed by atoms with Crippen molar-refractivity contribution in [3.63, 3.8) is 0 Å². The van der Waals surface area contributed by atoms with Gasteiger partial charge in [0.15, 0.2) is 0 Å². The molecule has 3 heteroatoms. The van der Waals surface area contributed by atoms with Gasteiger partial charge >= 0.3 is 0 Å². The van der Waals surface area contributed by atoms with Crippen molar-refractivity contribution in [3.8, 4) is 5.75 Å². The third-order valence-corrected chi connectivity index (χ3v) is 3.29. The quantitative estimate of drug-likeness (QED) is 0.864. The van der Waals surface area contributed by atoms with Gasteiger partial charge in [0, 0.05) is 16.4 Å². The maximum absolute atomic E-state index is 6.01. The molecule has 94 valence electrons. The second kappa shape index (κ2) is 5.32. The maximum Gasteiger partial charge on any atom is 0.119 e. The first-order valence-electron chi connectivity index (χ1n) is 5.78. The number of hydrogen-bond donors (Lipinski definition) is 1. The molecule has 0 saturated heterocycles. The Morgan fingerprint density at radius 1 is 1.00 bits per heavy atom. The van der Waals surface area contributed by atoms with Gasteiger partial charge in [-0.1, -0.05) is 11.6 Å². The van der Waals surface area contributed by atoms with Crippen LogP contribution in [-0.2, 0) is 0 Å². The fourth-order valence-electron chi connectivity index (χ4n) is 1.78. The van der Waals surface area contributed by atoms with Crippen LogP contribution in [0.2, 0.25) is 5.02 Å². The Labute approximate surface area is 113 Å². The second-order valence-electron chi connectivity index (χ2n) is 4.27. The Bertz CT molecular complexity index is 566. The Hall–Kier alpha value is -1.67. The van der Waals surface area contributed by atoms with Crippen molar-refractivity contribution < 1.29 is 4.74 Å². The van der Waals surface area contributed by atoms with E-state index in [2.05, 4.69) is 5.32 Å². The molecule has 1 N–H and O–H groups in total. The first-order valence-corrected chi connectivity index (χ1v) is 6.16. The predicted octanol–water partition coefficient (Wildman–Crippen LogP) is 4.71. The molecule has 0 atom stereocenters. The van der Waals surface area contributed by atoms with Crippen LogP contribution < -0.4 is 10.1 Å². The Morgan fingerprint density at radius 3 is 2.39 bits per heavy atom. The van der Waals surface area contributed by atoms with E-state index in [1.54, 1.807) is 7.11 Å². The molecule has 2 aromatic rings. The standard InChI is InChI=1S/C15H16ClNO/c1-10-8-12(4-6-14(10)16)17-15-7-5-13(18-3)9-11(15)2/h4-9,17H,1-3H3. The lowest BCUT2D eigenvalue weighted by atomic mass is 10.1. The molecule has 2 rings (SSSR count). The summed E-state index contributed by atoms with van der Waals surface area (Å²) in [6.07, 6.45) is 0. The molecule has 0 amide bonds. The predicted molar refractivity (Wildman–Crippen MR) is 77.2 cm³/mol. The van der Waals surface area contributed by atoms with Crippen LogP contribution >= 0.6 is 11.6 Å². The van der Waals surface area contributed by atoms with Crippen LogP contribution in [0.4, 0.5) is 11.4 Å². The average Bonchev–Trinajstić information content (AvgIpc) is 2.36. The number of benzene rings is 2. The monoisotopic (exact) mass is 261 g/mol. The summed E-state index contributed by atoms with van der Waals surface area (Å²) in [6.45, 7) is 4.04. The molecular weight excluding hydrogens is 246 g/mol. The fraction of sp³-hybridized carbons (Fsp3) is 0.200. The number of halogens is 1. The summed E-state index contributed by atoms with van der Waals surface area (Å²) < 4.78 is 5.19. The molecule has 0 aliphatic rings. The minimum atomic E-state index is 0.784. The molecule has 0 unspecified atom stereocenters. The van der Waals surface area contributed by atoms with Gasteiger partial charge < -0.3 is 10.1 Å². The largest absolute Gasteiger partial charge is 0.497 e. The van der Waals surface area contributed by atoms with Gasteiger partial charge in [0.25, 0.3) is 0 Å². The number of methoxy groups -OCH3 is 1. The molecule has 0 aromatic heterocycles. The van der Waals surface area contributed by atoms with Crippen LogP contribution in [0.1, 0.15) is 11.1 Å². The zero-order chi connectivity index (χ0) is 13.1. The summed E-state index contributed by atoms with van der Waals surface area (Å²) >= 11 is 6.01. The minimum absolute atomic E-state index is 0.784. The third kappa shape index (κ3) is 2.77. The van der Waals surface area contributed by atoms with Crippen molar-refractivity contribution in [1.82, 2.24) is 0 Å². The van der Waals surface area contributed by atoms with E-state index in [0.29, 0.717) is 0 Å². The van der Waals surface area contributed by atoms with E-state index in [0.717, 1.165) is 33.3 Å². The second-order valence-corrected chi connectivity index (χ2v) is 4.68. The van der Waals surface area contributed by atoms with Crippen LogP contribution in [0, 0.1) is 13.8 Å². The van der Waals surface area contributed by atoms with Crippen molar-refractivity contribution in [2.24, 2.45) is 0 Å². The van der Waals surface area contributed by atoms with E-state index in [1.807, 2.05) is 50.2 Å². The summed E-state index contributed by atoms with van der Waals surface area (Å²) in [6, 6.07) is 11.9. The molecule has 0 heterocycles. The molecular formula is C15H16ClNO.